The second-order valence-electron chi connectivity index (χ2n) is 4.68. The van der Waals surface area contributed by atoms with Crippen molar-refractivity contribution < 1.29 is 28.3 Å². The number of aryl methyl sites for hydroxylation is 1. The second kappa shape index (κ2) is 4.60. The molecule has 0 radical (unpaired) electrons. The summed E-state index contributed by atoms with van der Waals surface area (Å²) >= 11 is 0. The van der Waals surface area contributed by atoms with Crippen LogP contribution in [0.3, 0.4) is 0 Å². The van der Waals surface area contributed by atoms with Gasteiger partial charge >= 0.3 is 6.18 Å². The third-order valence-electron chi connectivity index (χ3n) is 3.17. The third-order valence-corrected chi connectivity index (χ3v) is 3.17. The first-order valence-corrected chi connectivity index (χ1v) is 5.75. The highest BCUT2D eigenvalue weighted by atomic mass is 19.4. The topological polar surface area (TPSA) is 60.8 Å². The van der Waals surface area contributed by atoms with Crippen molar-refractivity contribution in [2.75, 3.05) is 0 Å². The number of carbonyl (C=O) groups is 1. The van der Waals surface area contributed by atoms with Crippen LogP contribution in [0.5, 0.6) is 0 Å². The van der Waals surface area contributed by atoms with Gasteiger partial charge < -0.3 is 5.11 Å². The summed E-state index contributed by atoms with van der Waals surface area (Å²) in [4.78, 5) is 11.4. The molecule has 0 fully saturated rings. The first-order valence-electron chi connectivity index (χ1n) is 5.75. The van der Waals surface area contributed by atoms with Crippen molar-refractivity contribution in [2.45, 2.75) is 25.2 Å². The molecule has 1 aromatic carbocycles. The van der Waals surface area contributed by atoms with Crippen LogP contribution >= 0.6 is 0 Å². The summed E-state index contributed by atoms with van der Waals surface area (Å²) in [6.45, 7) is 1.81. The molecule has 0 bridgehead atoms. The predicted octanol–water partition coefficient (Wildman–Crippen LogP) is 2.25. The molecule has 1 aliphatic rings. The lowest BCUT2D eigenvalue weighted by molar-refractivity contribution is -0.362. The van der Waals surface area contributed by atoms with Crippen LogP contribution in [0.4, 0.5) is 13.2 Å². The molecular formula is C13H12F3NO3. The van der Waals surface area contributed by atoms with Crippen LogP contribution in [-0.2, 0) is 4.79 Å². The lowest BCUT2D eigenvalue weighted by atomic mass is 9.91. The van der Waals surface area contributed by atoms with Gasteiger partial charge in [0.25, 0.3) is 11.6 Å². The number of hydrogen-bond donors (Lipinski definition) is 2. The molecule has 2 rings (SSSR count). The standard InChI is InChI=1S/C13H12F3NO3/c1-8-2-4-9(5-3-8)10-6-11(18)17(20)12(19,7-10)13(14,15)16/h2-6,19-20H,7H2,1H3. The van der Waals surface area contributed by atoms with E-state index in [-0.39, 0.29) is 5.57 Å². The Hall–Kier alpha value is -1.86. The van der Waals surface area contributed by atoms with Crippen molar-refractivity contribution in [1.82, 2.24) is 5.06 Å². The van der Waals surface area contributed by atoms with E-state index in [1.54, 1.807) is 24.3 Å². The van der Waals surface area contributed by atoms with Gasteiger partial charge in [-0.15, -0.1) is 0 Å². The molecule has 108 valence electrons. The molecule has 1 aliphatic heterocycles. The number of rotatable bonds is 1. The van der Waals surface area contributed by atoms with Gasteiger partial charge in [-0.1, -0.05) is 29.8 Å². The average Bonchev–Trinajstić information content (AvgIpc) is 2.35. The van der Waals surface area contributed by atoms with Crippen molar-refractivity contribution in [2.24, 2.45) is 0 Å². The van der Waals surface area contributed by atoms with E-state index in [4.69, 9.17) is 0 Å². The molecule has 0 saturated carbocycles. The fourth-order valence-electron chi connectivity index (χ4n) is 1.96. The van der Waals surface area contributed by atoms with Crippen LogP contribution in [-0.4, -0.2) is 33.2 Å². The number of benzene rings is 1. The Morgan fingerprint density at radius 2 is 1.80 bits per heavy atom. The van der Waals surface area contributed by atoms with Gasteiger partial charge in [0.05, 0.1) is 0 Å². The number of amides is 1. The van der Waals surface area contributed by atoms with E-state index in [2.05, 4.69) is 0 Å². The van der Waals surface area contributed by atoms with E-state index in [0.29, 0.717) is 5.56 Å². The van der Waals surface area contributed by atoms with E-state index in [1.807, 2.05) is 6.92 Å². The van der Waals surface area contributed by atoms with Gasteiger partial charge in [-0.3, -0.25) is 10.0 Å². The zero-order chi connectivity index (χ0) is 15.1. The van der Waals surface area contributed by atoms with Crippen molar-refractivity contribution in [3.05, 3.63) is 41.5 Å². The van der Waals surface area contributed by atoms with E-state index >= 15 is 0 Å². The number of carbonyl (C=O) groups excluding carboxylic acids is 1. The van der Waals surface area contributed by atoms with Crippen LogP contribution < -0.4 is 0 Å². The minimum atomic E-state index is -5.17. The number of hydrogen-bond acceptors (Lipinski definition) is 3. The van der Waals surface area contributed by atoms with Gasteiger partial charge in [0.1, 0.15) is 0 Å². The maximum atomic E-state index is 12.9. The smallest absolute Gasteiger partial charge is 0.362 e. The molecule has 7 heteroatoms. The van der Waals surface area contributed by atoms with Crippen LogP contribution in [0, 0.1) is 6.92 Å². The highest BCUT2D eigenvalue weighted by Crippen LogP contribution is 2.42. The molecule has 0 saturated heterocycles. The molecule has 0 spiro atoms. The van der Waals surface area contributed by atoms with Crippen molar-refractivity contribution in [3.8, 4) is 0 Å². The Bertz CT molecular complexity index is 565. The molecule has 1 unspecified atom stereocenters. The molecular weight excluding hydrogens is 275 g/mol. The Balaban J connectivity index is 2.45. The van der Waals surface area contributed by atoms with Crippen LogP contribution in [0.25, 0.3) is 5.57 Å². The highest BCUT2D eigenvalue weighted by Gasteiger charge is 2.61. The fourth-order valence-corrected chi connectivity index (χ4v) is 1.96. The number of nitrogens with zero attached hydrogens (tertiary/aromatic N) is 1. The average molecular weight is 287 g/mol. The summed E-state index contributed by atoms with van der Waals surface area (Å²) in [5.41, 5.74) is -2.30. The predicted molar refractivity (Wildman–Crippen MR) is 63.4 cm³/mol. The molecule has 1 amide bonds. The van der Waals surface area contributed by atoms with Crippen molar-refractivity contribution >= 4 is 11.5 Å². The van der Waals surface area contributed by atoms with Gasteiger partial charge in [-0.2, -0.15) is 18.2 Å². The molecule has 1 atom stereocenters. The largest absolute Gasteiger partial charge is 0.439 e. The van der Waals surface area contributed by atoms with Crippen LogP contribution in [0.15, 0.2) is 30.3 Å². The SMILES string of the molecule is Cc1ccc(C2=CC(=O)N(O)C(O)(C(F)(F)F)C2)cc1. The van der Waals surface area contributed by atoms with Gasteiger partial charge in [-0.05, 0) is 18.1 Å². The summed E-state index contributed by atoms with van der Waals surface area (Å²) in [5.74, 6) is -1.31. The van der Waals surface area contributed by atoms with Crippen LogP contribution in [0.2, 0.25) is 0 Å². The van der Waals surface area contributed by atoms with Gasteiger partial charge in [-0.25, -0.2) is 0 Å². The molecule has 0 aliphatic carbocycles. The molecule has 1 aromatic rings. The molecule has 20 heavy (non-hydrogen) atoms. The Kier molecular flexibility index (Phi) is 3.35. The molecule has 4 nitrogen and oxygen atoms in total. The number of halogens is 3. The Morgan fingerprint density at radius 3 is 2.30 bits per heavy atom. The summed E-state index contributed by atoms with van der Waals surface area (Å²) in [7, 11) is 0. The van der Waals surface area contributed by atoms with Crippen molar-refractivity contribution in [1.29, 1.82) is 0 Å². The van der Waals surface area contributed by atoms with Gasteiger partial charge in [0.15, 0.2) is 0 Å². The van der Waals surface area contributed by atoms with Crippen LogP contribution in [0.1, 0.15) is 17.5 Å². The molecule has 2 N–H and O–H groups in total. The summed E-state index contributed by atoms with van der Waals surface area (Å²) in [6, 6.07) is 6.47. The first-order chi connectivity index (χ1) is 9.15. The quantitative estimate of drug-likeness (QED) is 0.779. The maximum Gasteiger partial charge on any atom is 0.439 e. The first kappa shape index (κ1) is 14.5. The zero-order valence-corrected chi connectivity index (χ0v) is 10.5. The summed E-state index contributed by atoms with van der Waals surface area (Å²) < 4.78 is 38.6. The monoisotopic (exact) mass is 287 g/mol. The lowest BCUT2D eigenvalue weighted by Crippen LogP contribution is -2.61. The maximum absolute atomic E-state index is 12.9. The van der Waals surface area contributed by atoms with Gasteiger partial charge in [0.2, 0.25) is 0 Å². The summed E-state index contributed by atoms with van der Waals surface area (Å²) in [6.07, 6.45) is -5.21. The minimum absolute atomic E-state index is 0.0140. The van der Waals surface area contributed by atoms with Gasteiger partial charge in [0, 0.05) is 12.5 Å². The Labute approximate surface area is 112 Å². The fraction of sp³-hybridized carbons (Fsp3) is 0.308. The third kappa shape index (κ3) is 2.30. The van der Waals surface area contributed by atoms with E-state index in [0.717, 1.165) is 11.6 Å². The molecule has 0 aromatic heterocycles. The van der Waals surface area contributed by atoms with E-state index in [9.17, 15) is 28.3 Å². The van der Waals surface area contributed by atoms with E-state index in [1.165, 1.54) is 0 Å². The number of alkyl halides is 3. The number of aliphatic hydroxyl groups is 1. The highest BCUT2D eigenvalue weighted by molar-refractivity contribution is 5.97. The minimum Gasteiger partial charge on any atom is -0.362 e. The lowest BCUT2D eigenvalue weighted by Gasteiger charge is -2.39. The molecule has 1 heterocycles. The normalized spacial score (nSPS) is 23.8. The number of hydroxylamine groups is 2. The summed E-state index contributed by atoms with van der Waals surface area (Å²) in [5, 5.41) is 18.2. The zero-order valence-electron chi connectivity index (χ0n) is 10.5. The Morgan fingerprint density at radius 1 is 1.25 bits per heavy atom. The van der Waals surface area contributed by atoms with E-state index < -0.39 is 29.3 Å². The second-order valence-corrected chi connectivity index (χ2v) is 4.68. The van der Waals surface area contributed by atoms with Crippen molar-refractivity contribution in [3.63, 3.8) is 0 Å².